The number of carbonyl (C=O) groups is 2. The van der Waals surface area contributed by atoms with Crippen LogP contribution >= 0.6 is 0 Å². The van der Waals surface area contributed by atoms with Crippen molar-refractivity contribution in [1.82, 2.24) is 14.7 Å². The molecule has 10 heteroatoms. The zero-order valence-electron chi connectivity index (χ0n) is 21.3. The van der Waals surface area contributed by atoms with E-state index in [0.29, 0.717) is 30.6 Å². The number of benzene rings is 2. The van der Waals surface area contributed by atoms with Crippen molar-refractivity contribution in [2.75, 3.05) is 18.4 Å². The number of anilines is 1. The van der Waals surface area contributed by atoms with Crippen molar-refractivity contribution in [2.24, 2.45) is 13.0 Å². The molecule has 1 amide bonds. The van der Waals surface area contributed by atoms with E-state index in [1.807, 2.05) is 38.2 Å². The number of aryl methyl sites for hydroxylation is 2. The van der Waals surface area contributed by atoms with Gasteiger partial charge < -0.3 is 15.3 Å². The Hall–Kier alpha value is -3.82. The predicted molar refractivity (Wildman–Crippen MR) is 138 cm³/mol. The molecule has 2 N–H and O–H groups in total. The molecule has 1 unspecified atom stereocenters. The summed E-state index contributed by atoms with van der Waals surface area (Å²) in [5.74, 6) is -1.73. The normalized spacial score (nSPS) is 16.8. The number of aliphatic carboxylic acids is 1. The minimum atomic E-state index is -4.29. The molecule has 1 saturated heterocycles. The quantitative estimate of drug-likeness (QED) is 0.384. The van der Waals surface area contributed by atoms with Crippen LogP contribution in [0.1, 0.15) is 53.2 Å². The van der Waals surface area contributed by atoms with Gasteiger partial charge in [-0.3, -0.25) is 14.3 Å². The molecule has 1 aliphatic rings. The molecule has 4 rings (SSSR count). The average molecular weight is 529 g/mol. The molecule has 0 radical (unpaired) electrons. The van der Waals surface area contributed by atoms with Crippen molar-refractivity contribution in [1.29, 1.82) is 0 Å². The number of carboxylic acids is 1. The zero-order chi connectivity index (χ0) is 27.4. The second-order valence-electron chi connectivity index (χ2n) is 9.77. The molecular formula is C28H31F3N4O3. The first-order chi connectivity index (χ1) is 18.0. The van der Waals surface area contributed by atoms with Crippen molar-refractivity contribution in [2.45, 2.75) is 44.8 Å². The minimum absolute atomic E-state index is 0.152. The highest BCUT2D eigenvalue weighted by Crippen LogP contribution is 2.33. The number of hydrogen-bond donors (Lipinski definition) is 2. The molecule has 1 fully saturated rings. The molecule has 2 atom stereocenters. The minimum Gasteiger partial charge on any atom is -0.481 e. The van der Waals surface area contributed by atoms with Crippen LogP contribution in [0.3, 0.4) is 0 Å². The van der Waals surface area contributed by atoms with Gasteiger partial charge >= 0.3 is 12.1 Å². The van der Waals surface area contributed by atoms with Gasteiger partial charge in [-0.25, -0.2) is 0 Å². The topological polar surface area (TPSA) is 87.5 Å². The second-order valence-corrected chi connectivity index (χ2v) is 9.77. The van der Waals surface area contributed by atoms with Crippen LogP contribution in [-0.4, -0.2) is 50.9 Å². The summed E-state index contributed by atoms with van der Waals surface area (Å²) in [5.41, 5.74) is 4.44. The van der Waals surface area contributed by atoms with Crippen LogP contribution in [0.4, 0.5) is 18.9 Å². The number of hydrogen-bond acceptors (Lipinski definition) is 4. The Balaban J connectivity index is 1.52. The number of carbonyl (C=O) groups excluding carboxylic acids is 1. The molecule has 0 bridgehead atoms. The fraction of sp³-hybridized carbons (Fsp3) is 0.393. The Bertz CT molecular complexity index is 1290. The first-order valence-corrected chi connectivity index (χ1v) is 12.6. The van der Waals surface area contributed by atoms with Crippen LogP contribution in [0, 0.1) is 12.8 Å². The van der Waals surface area contributed by atoms with Crippen LogP contribution in [-0.2, 0) is 11.8 Å². The predicted octanol–water partition coefficient (Wildman–Crippen LogP) is 5.83. The summed E-state index contributed by atoms with van der Waals surface area (Å²) in [7, 11) is 1.83. The maximum Gasteiger partial charge on any atom is 0.389 e. The highest BCUT2D eigenvalue weighted by Gasteiger charge is 2.30. The lowest BCUT2D eigenvalue weighted by atomic mass is 9.94. The van der Waals surface area contributed by atoms with Gasteiger partial charge in [-0.15, -0.1) is 0 Å². The number of amides is 1. The van der Waals surface area contributed by atoms with E-state index in [0.717, 1.165) is 22.4 Å². The van der Waals surface area contributed by atoms with Crippen LogP contribution in [0.15, 0.2) is 54.7 Å². The van der Waals surface area contributed by atoms with Gasteiger partial charge in [0, 0.05) is 49.6 Å². The van der Waals surface area contributed by atoms with Gasteiger partial charge in [0.05, 0.1) is 17.7 Å². The number of nitrogens with zero attached hydrogens (tertiary/aromatic N) is 3. The van der Waals surface area contributed by atoms with E-state index < -0.39 is 30.5 Å². The third kappa shape index (κ3) is 6.54. The van der Waals surface area contributed by atoms with E-state index in [1.165, 1.54) is 0 Å². The van der Waals surface area contributed by atoms with Gasteiger partial charge in [-0.1, -0.05) is 12.1 Å². The highest BCUT2D eigenvalue weighted by molar-refractivity contribution is 5.95. The van der Waals surface area contributed by atoms with Gasteiger partial charge in [0.1, 0.15) is 0 Å². The molecule has 1 aromatic heterocycles. The second kappa shape index (κ2) is 11.3. The molecular weight excluding hydrogens is 497 g/mol. The lowest BCUT2D eigenvalue weighted by Gasteiger charge is -2.30. The number of likely N-dealkylation sites (tertiary alicyclic amines) is 1. The average Bonchev–Trinajstić information content (AvgIpc) is 3.32. The zero-order valence-corrected chi connectivity index (χ0v) is 21.3. The molecule has 7 nitrogen and oxygen atoms in total. The van der Waals surface area contributed by atoms with Crippen molar-refractivity contribution in [3.05, 3.63) is 71.4 Å². The Labute approximate surface area is 219 Å². The van der Waals surface area contributed by atoms with Crippen molar-refractivity contribution < 1.29 is 27.9 Å². The number of carboxylic acid groups (broad SMARTS) is 1. The maximum absolute atomic E-state index is 13.1. The Morgan fingerprint density at radius 1 is 1.16 bits per heavy atom. The molecule has 2 aromatic carbocycles. The maximum atomic E-state index is 13.1. The number of piperidine rings is 1. The molecule has 0 aliphatic carbocycles. The molecule has 38 heavy (non-hydrogen) atoms. The standard InChI is InChI=1S/C28H31F3N4O3/c1-18-16-20(25-12-14-32-34(25)2)7-10-23(18)24(11-13-28(29,30)31)33-22-8-5-19(6-9-22)26(36)35-15-3-4-21(17-35)27(37)38/h5-10,12,14,16,21,24,33H,3-4,11,13,15,17H2,1-2H3,(H,37,38)/t21-,24?/m1/s1. The largest absolute Gasteiger partial charge is 0.481 e. The molecule has 0 saturated carbocycles. The van der Waals surface area contributed by atoms with Crippen LogP contribution in [0.5, 0.6) is 0 Å². The Kier molecular flexibility index (Phi) is 8.08. The smallest absolute Gasteiger partial charge is 0.389 e. The van der Waals surface area contributed by atoms with Crippen molar-refractivity contribution >= 4 is 17.6 Å². The SMILES string of the molecule is Cc1cc(-c2ccnn2C)ccc1C(CCC(F)(F)F)Nc1ccc(C(=O)N2CCC[C@@H](C(=O)O)C2)cc1. The van der Waals surface area contributed by atoms with E-state index in [2.05, 4.69) is 10.4 Å². The molecule has 1 aliphatic heterocycles. The molecule has 202 valence electrons. The number of rotatable bonds is 8. The number of nitrogens with one attached hydrogen (secondary N) is 1. The number of halogens is 3. The lowest BCUT2D eigenvalue weighted by molar-refractivity contribution is -0.143. The fourth-order valence-electron chi connectivity index (χ4n) is 4.95. The van der Waals surface area contributed by atoms with Gasteiger partial charge in [-0.2, -0.15) is 18.3 Å². The number of aromatic nitrogens is 2. The number of alkyl halides is 3. The molecule has 2 heterocycles. The van der Waals surface area contributed by atoms with Gasteiger partial charge in [0.15, 0.2) is 0 Å². The summed E-state index contributed by atoms with van der Waals surface area (Å²) in [6.45, 7) is 2.54. The van der Waals surface area contributed by atoms with Crippen LogP contribution in [0.2, 0.25) is 0 Å². The third-order valence-corrected chi connectivity index (χ3v) is 7.01. The van der Waals surface area contributed by atoms with E-state index >= 15 is 0 Å². The fourth-order valence-corrected chi connectivity index (χ4v) is 4.95. The van der Waals surface area contributed by atoms with Gasteiger partial charge in [0.25, 0.3) is 5.91 Å². The van der Waals surface area contributed by atoms with Crippen LogP contribution in [0.25, 0.3) is 11.3 Å². The van der Waals surface area contributed by atoms with E-state index in [9.17, 15) is 27.9 Å². The lowest BCUT2D eigenvalue weighted by Crippen LogP contribution is -2.42. The monoisotopic (exact) mass is 528 g/mol. The summed E-state index contributed by atoms with van der Waals surface area (Å²) in [5, 5.41) is 16.7. The third-order valence-electron chi connectivity index (χ3n) is 7.01. The Morgan fingerprint density at radius 3 is 2.50 bits per heavy atom. The van der Waals surface area contributed by atoms with E-state index in [4.69, 9.17) is 0 Å². The molecule has 0 spiro atoms. The molecule has 3 aromatic rings. The summed E-state index contributed by atoms with van der Waals surface area (Å²) < 4.78 is 41.2. The van der Waals surface area contributed by atoms with Gasteiger partial charge in [-0.05, 0) is 73.7 Å². The van der Waals surface area contributed by atoms with E-state index in [1.54, 1.807) is 40.0 Å². The van der Waals surface area contributed by atoms with Crippen molar-refractivity contribution in [3.8, 4) is 11.3 Å². The first-order valence-electron chi connectivity index (χ1n) is 12.6. The van der Waals surface area contributed by atoms with Gasteiger partial charge in [0.2, 0.25) is 0 Å². The highest BCUT2D eigenvalue weighted by atomic mass is 19.4. The summed E-state index contributed by atoms with van der Waals surface area (Å²) in [6.07, 6.45) is -2.52. The van der Waals surface area contributed by atoms with E-state index in [-0.39, 0.29) is 18.9 Å². The summed E-state index contributed by atoms with van der Waals surface area (Å²) >= 11 is 0. The van der Waals surface area contributed by atoms with Crippen molar-refractivity contribution in [3.63, 3.8) is 0 Å². The first kappa shape index (κ1) is 27.2. The Morgan fingerprint density at radius 2 is 1.89 bits per heavy atom. The van der Waals surface area contributed by atoms with Crippen LogP contribution < -0.4 is 5.32 Å². The summed E-state index contributed by atoms with van der Waals surface area (Å²) in [4.78, 5) is 25.8. The summed E-state index contributed by atoms with van der Waals surface area (Å²) in [6, 6.07) is 13.5.